The molecule has 0 heteroatoms. The standard InChI is InChI=1S/C23H44/c1-7-13-20(5)15-11-12-16-21(6)17-18-23(10-4)19-22(9-3)14-8-2/h8,14-15,21-23H,7,9-13,16-19H2,1-6H3. The van der Waals surface area contributed by atoms with Gasteiger partial charge in [0.2, 0.25) is 0 Å². The molecule has 0 heterocycles. The van der Waals surface area contributed by atoms with Crippen LogP contribution in [0.4, 0.5) is 0 Å². The summed E-state index contributed by atoms with van der Waals surface area (Å²) >= 11 is 0. The molecule has 0 aliphatic carbocycles. The van der Waals surface area contributed by atoms with Crippen LogP contribution in [0.3, 0.4) is 0 Å². The van der Waals surface area contributed by atoms with Gasteiger partial charge < -0.3 is 0 Å². The zero-order valence-corrected chi connectivity index (χ0v) is 17.0. The highest BCUT2D eigenvalue weighted by molar-refractivity contribution is 4.97. The van der Waals surface area contributed by atoms with E-state index in [9.17, 15) is 0 Å². The fourth-order valence-electron chi connectivity index (χ4n) is 3.55. The first-order valence-electron chi connectivity index (χ1n) is 10.4. The third-order valence-corrected chi connectivity index (χ3v) is 5.31. The Morgan fingerprint density at radius 3 is 2.30 bits per heavy atom. The fraction of sp³-hybridized carbons (Fsp3) is 0.826. The SMILES string of the molecule is CC=CC(CC)CC(CC)CCC(C)CCCC=C(C)CCC. The van der Waals surface area contributed by atoms with Crippen molar-refractivity contribution in [1.82, 2.24) is 0 Å². The first-order chi connectivity index (χ1) is 11.1. The Bertz CT molecular complexity index is 310. The summed E-state index contributed by atoms with van der Waals surface area (Å²) in [4.78, 5) is 0. The minimum absolute atomic E-state index is 0.798. The van der Waals surface area contributed by atoms with E-state index in [-0.39, 0.29) is 0 Å². The van der Waals surface area contributed by atoms with Gasteiger partial charge >= 0.3 is 0 Å². The number of unbranched alkanes of at least 4 members (excludes halogenated alkanes) is 1. The molecule has 3 atom stereocenters. The summed E-state index contributed by atoms with van der Waals surface area (Å²) in [5, 5.41) is 0. The molecule has 0 saturated heterocycles. The summed E-state index contributed by atoms with van der Waals surface area (Å²) in [5.74, 6) is 2.61. The maximum atomic E-state index is 2.47. The monoisotopic (exact) mass is 320 g/mol. The van der Waals surface area contributed by atoms with Crippen molar-refractivity contribution in [2.45, 2.75) is 106 Å². The molecule has 136 valence electrons. The van der Waals surface area contributed by atoms with Gasteiger partial charge in [-0.15, -0.1) is 0 Å². The van der Waals surface area contributed by atoms with E-state index in [1.54, 1.807) is 5.57 Å². The topological polar surface area (TPSA) is 0 Å². The van der Waals surface area contributed by atoms with Gasteiger partial charge in [-0.3, -0.25) is 0 Å². The van der Waals surface area contributed by atoms with Crippen LogP contribution in [0.1, 0.15) is 106 Å². The lowest BCUT2D eigenvalue weighted by molar-refractivity contribution is 0.334. The van der Waals surface area contributed by atoms with Crippen molar-refractivity contribution in [2.24, 2.45) is 17.8 Å². The van der Waals surface area contributed by atoms with E-state index in [0.717, 1.165) is 17.8 Å². The van der Waals surface area contributed by atoms with Crippen LogP contribution in [0.5, 0.6) is 0 Å². The smallest absolute Gasteiger partial charge is 0.0234 e. The quantitative estimate of drug-likeness (QED) is 0.223. The van der Waals surface area contributed by atoms with Gasteiger partial charge in [0, 0.05) is 0 Å². The lowest BCUT2D eigenvalue weighted by Crippen LogP contribution is -2.08. The highest BCUT2D eigenvalue weighted by atomic mass is 14.2. The molecule has 0 spiro atoms. The highest BCUT2D eigenvalue weighted by Crippen LogP contribution is 2.26. The molecule has 0 aliphatic rings. The number of hydrogen-bond donors (Lipinski definition) is 0. The number of allylic oxidation sites excluding steroid dienone is 4. The summed E-state index contributed by atoms with van der Waals surface area (Å²) in [6, 6.07) is 0. The van der Waals surface area contributed by atoms with Crippen LogP contribution in [-0.2, 0) is 0 Å². The molecule has 0 amide bonds. The van der Waals surface area contributed by atoms with Gasteiger partial charge in [0.25, 0.3) is 0 Å². The highest BCUT2D eigenvalue weighted by Gasteiger charge is 2.13. The predicted molar refractivity (Wildman–Crippen MR) is 108 cm³/mol. The van der Waals surface area contributed by atoms with Gasteiger partial charge in [0.15, 0.2) is 0 Å². The van der Waals surface area contributed by atoms with Gasteiger partial charge in [-0.2, -0.15) is 0 Å². The Morgan fingerprint density at radius 2 is 1.74 bits per heavy atom. The van der Waals surface area contributed by atoms with E-state index in [1.165, 1.54) is 64.2 Å². The van der Waals surface area contributed by atoms with Crippen LogP contribution >= 0.6 is 0 Å². The lowest BCUT2D eigenvalue weighted by atomic mass is 9.85. The maximum absolute atomic E-state index is 2.47. The maximum Gasteiger partial charge on any atom is -0.0234 e. The Labute approximate surface area is 147 Å². The lowest BCUT2D eigenvalue weighted by Gasteiger charge is -2.21. The normalized spacial score (nSPS) is 16.7. The van der Waals surface area contributed by atoms with E-state index in [2.05, 4.69) is 59.8 Å². The molecule has 0 aromatic heterocycles. The van der Waals surface area contributed by atoms with E-state index in [4.69, 9.17) is 0 Å². The molecule has 0 aromatic carbocycles. The van der Waals surface area contributed by atoms with Gasteiger partial charge in [-0.25, -0.2) is 0 Å². The minimum atomic E-state index is 0.798. The molecule has 0 aromatic rings. The van der Waals surface area contributed by atoms with Gasteiger partial charge in [0.1, 0.15) is 0 Å². The average molecular weight is 321 g/mol. The third-order valence-electron chi connectivity index (χ3n) is 5.31. The van der Waals surface area contributed by atoms with Crippen LogP contribution in [0, 0.1) is 17.8 Å². The van der Waals surface area contributed by atoms with Crippen LogP contribution in [0.2, 0.25) is 0 Å². The molecule has 0 rings (SSSR count). The molecule has 0 nitrogen and oxygen atoms in total. The van der Waals surface area contributed by atoms with Gasteiger partial charge in [-0.05, 0) is 63.7 Å². The minimum Gasteiger partial charge on any atom is -0.0914 e. The Morgan fingerprint density at radius 1 is 1.00 bits per heavy atom. The Kier molecular flexibility index (Phi) is 14.7. The predicted octanol–water partition coefficient (Wildman–Crippen LogP) is 8.34. The Balaban J connectivity index is 3.96. The number of hydrogen-bond acceptors (Lipinski definition) is 0. The molecule has 3 unspecified atom stereocenters. The average Bonchev–Trinajstić information content (AvgIpc) is 2.54. The van der Waals surface area contributed by atoms with Crippen molar-refractivity contribution in [3.05, 3.63) is 23.8 Å². The molecule has 0 saturated carbocycles. The fourth-order valence-corrected chi connectivity index (χ4v) is 3.55. The Hall–Kier alpha value is -0.520. The van der Waals surface area contributed by atoms with Crippen LogP contribution < -0.4 is 0 Å². The molecule has 0 fully saturated rings. The summed E-state index contributed by atoms with van der Waals surface area (Å²) in [7, 11) is 0. The van der Waals surface area contributed by atoms with Crippen LogP contribution in [0.15, 0.2) is 23.8 Å². The molecular weight excluding hydrogens is 276 g/mol. The van der Waals surface area contributed by atoms with Gasteiger partial charge in [0.05, 0.1) is 0 Å². The zero-order valence-electron chi connectivity index (χ0n) is 17.0. The first kappa shape index (κ1) is 22.5. The van der Waals surface area contributed by atoms with Crippen LogP contribution in [-0.4, -0.2) is 0 Å². The van der Waals surface area contributed by atoms with Crippen molar-refractivity contribution in [1.29, 1.82) is 0 Å². The summed E-state index contributed by atoms with van der Waals surface area (Å²) < 4.78 is 0. The summed E-state index contributed by atoms with van der Waals surface area (Å²) in [6.07, 6.45) is 20.6. The third kappa shape index (κ3) is 12.6. The summed E-state index contributed by atoms with van der Waals surface area (Å²) in [6.45, 7) is 13.9. The van der Waals surface area contributed by atoms with Crippen molar-refractivity contribution in [3.8, 4) is 0 Å². The van der Waals surface area contributed by atoms with Crippen LogP contribution in [0.25, 0.3) is 0 Å². The van der Waals surface area contributed by atoms with E-state index >= 15 is 0 Å². The molecule has 0 aliphatic heterocycles. The van der Waals surface area contributed by atoms with Crippen molar-refractivity contribution >= 4 is 0 Å². The second-order valence-corrected chi connectivity index (χ2v) is 7.62. The molecular formula is C23H44. The first-order valence-corrected chi connectivity index (χ1v) is 10.4. The van der Waals surface area contributed by atoms with E-state index < -0.39 is 0 Å². The van der Waals surface area contributed by atoms with Gasteiger partial charge in [-0.1, -0.05) is 83.6 Å². The molecule has 23 heavy (non-hydrogen) atoms. The second-order valence-electron chi connectivity index (χ2n) is 7.62. The number of rotatable bonds is 14. The zero-order chi connectivity index (χ0) is 17.5. The summed E-state index contributed by atoms with van der Waals surface area (Å²) in [5.41, 5.74) is 1.58. The van der Waals surface area contributed by atoms with Crippen molar-refractivity contribution in [2.75, 3.05) is 0 Å². The molecule has 0 N–H and O–H groups in total. The molecule has 0 bridgehead atoms. The molecule has 0 radical (unpaired) electrons. The van der Waals surface area contributed by atoms with Crippen molar-refractivity contribution < 1.29 is 0 Å². The second kappa shape index (κ2) is 15.0. The van der Waals surface area contributed by atoms with Crippen molar-refractivity contribution in [3.63, 3.8) is 0 Å². The van der Waals surface area contributed by atoms with E-state index in [0.29, 0.717) is 0 Å². The largest absolute Gasteiger partial charge is 0.0914 e. The van der Waals surface area contributed by atoms with E-state index in [1.807, 2.05) is 0 Å².